The van der Waals surface area contributed by atoms with Crippen molar-refractivity contribution in [3.63, 3.8) is 0 Å². The number of hydrogen-bond donors (Lipinski definition) is 0. The van der Waals surface area contributed by atoms with Crippen LogP contribution in [0.15, 0.2) is 30.3 Å². The molecule has 0 bridgehead atoms. The number of carbonyl (C=O) groups excluding carboxylic acids is 2. The Morgan fingerprint density at radius 1 is 1.11 bits per heavy atom. The monoisotopic (exact) mass is 250 g/mol. The van der Waals surface area contributed by atoms with Crippen molar-refractivity contribution in [3.05, 3.63) is 35.9 Å². The summed E-state index contributed by atoms with van der Waals surface area (Å²) in [6.45, 7) is 0. The highest BCUT2D eigenvalue weighted by molar-refractivity contribution is 5.79. The van der Waals surface area contributed by atoms with E-state index in [1.807, 2.05) is 30.3 Å². The van der Waals surface area contributed by atoms with Gasteiger partial charge in [0.15, 0.2) is 0 Å². The van der Waals surface area contributed by atoms with Crippen LogP contribution in [-0.2, 0) is 25.5 Å². The van der Waals surface area contributed by atoms with Crippen molar-refractivity contribution in [2.75, 3.05) is 14.2 Å². The van der Waals surface area contributed by atoms with Crippen molar-refractivity contribution in [2.24, 2.45) is 5.92 Å². The van der Waals surface area contributed by atoms with Gasteiger partial charge in [0.25, 0.3) is 0 Å². The van der Waals surface area contributed by atoms with Crippen LogP contribution >= 0.6 is 0 Å². The normalized spacial score (nSPS) is 11.7. The van der Waals surface area contributed by atoms with Crippen LogP contribution in [0, 0.1) is 5.92 Å². The van der Waals surface area contributed by atoms with Gasteiger partial charge < -0.3 is 9.47 Å². The Kier molecular flexibility index (Phi) is 5.91. The van der Waals surface area contributed by atoms with Crippen molar-refractivity contribution in [3.8, 4) is 0 Å². The summed E-state index contributed by atoms with van der Waals surface area (Å²) in [4.78, 5) is 22.8. The topological polar surface area (TPSA) is 52.6 Å². The summed E-state index contributed by atoms with van der Waals surface area (Å²) in [6, 6.07) is 9.82. The maximum absolute atomic E-state index is 11.6. The van der Waals surface area contributed by atoms with Gasteiger partial charge in [0.05, 0.1) is 26.6 Å². The van der Waals surface area contributed by atoms with E-state index in [0.717, 1.165) is 12.0 Å². The van der Waals surface area contributed by atoms with Crippen molar-refractivity contribution in [1.29, 1.82) is 0 Å². The molecule has 0 fully saturated rings. The Labute approximate surface area is 107 Å². The van der Waals surface area contributed by atoms with Crippen LogP contribution in [0.4, 0.5) is 0 Å². The lowest BCUT2D eigenvalue weighted by atomic mass is 9.96. The highest BCUT2D eigenvalue weighted by Gasteiger charge is 2.22. The fraction of sp³-hybridized carbons (Fsp3) is 0.429. The molecule has 1 atom stereocenters. The Bertz CT molecular complexity index is 386. The number of carbonyl (C=O) groups is 2. The first-order valence-electron chi connectivity index (χ1n) is 5.86. The third kappa shape index (κ3) is 4.57. The highest BCUT2D eigenvalue weighted by atomic mass is 16.5. The van der Waals surface area contributed by atoms with Crippen LogP contribution in [0.3, 0.4) is 0 Å². The Morgan fingerprint density at radius 3 is 2.33 bits per heavy atom. The number of aryl methyl sites for hydroxylation is 1. The Hall–Kier alpha value is -1.84. The lowest BCUT2D eigenvalue weighted by Crippen LogP contribution is -2.21. The minimum absolute atomic E-state index is 0.0655. The summed E-state index contributed by atoms with van der Waals surface area (Å²) in [7, 11) is 2.64. The molecule has 4 nitrogen and oxygen atoms in total. The van der Waals surface area contributed by atoms with E-state index >= 15 is 0 Å². The third-order valence-corrected chi connectivity index (χ3v) is 2.80. The first-order valence-corrected chi connectivity index (χ1v) is 5.86. The van der Waals surface area contributed by atoms with Crippen LogP contribution in [0.2, 0.25) is 0 Å². The molecule has 0 amide bonds. The van der Waals surface area contributed by atoms with Crippen LogP contribution in [0.1, 0.15) is 18.4 Å². The minimum Gasteiger partial charge on any atom is -0.469 e. The van der Waals surface area contributed by atoms with E-state index in [9.17, 15) is 9.59 Å². The lowest BCUT2D eigenvalue weighted by Gasteiger charge is -2.13. The second kappa shape index (κ2) is 7.48. The molecule has 0 radical (unpaired) electrons. The summed E-state index contributed by atoms with van der Waals surface area (Å²) in [5, 5.41) is 0. The second-order valence-corrected chi connectivity index (χ2v) is 4.02. The van der Waals surface area contributed by atoms with E-state index < -0.39 is 11.9 Å². The maximum atomic E-state index is 11.6. The van der Waals surface area contributed by atoms with E-state index in [1.54, 1.807) is 0 Å². The zero-order valence-corrected chi connectivity index (χ0v) is 10.7. The molecule has 0 spiro atoms. The van der Waals surface area contributed by atoms with Gasteiger partial charge in [-0.3, -0.25) is 9.59 Å². The number of hydrogen-bond acceptors (Lipinski definition) is 4. The molecule has 18 heavy (non-hydrogen) atoms. The smallest absolute Gasteiger partial charge is 0.309 e. The lowest BCUT2D eigenvalue weighted by molar-refractivity contribution is -0.152. The molecule has 98 valence electrons. The summed E-state index contributed by atoms with van der Waals surface area (Å²) < 4.78 is 9.28. The molecule has 1 aromatic rings. The van der Waals surface area contributed by atoms with Crippen LogP contribution in [-0.4, -0.2) is 26.2 Å². The quantitative estimate of drug-likeness (QED) is 0.724. The van der Waals surface area contributed by atoms with Gasteiger partial charge in [-0.1, -0.05) is 30.3 Å². The molecular weight excluding hydrogens is 232 g/mol. The van der Waals surface area contributed by atoms with Gasteiger partial charge in [0.2, 0.25) is 0 Å². The number of benzene rings is 1. The molecule has 0 saturated heterocycles. The van der Waals surface area contributed by atoms with E-state index in [1.165, 1.54) is 14.2 Å². The van der Waals surface area contributed by atoms with E-state index in [-0.39, 0.29) is 12.4 Å². The van der Waals surface area contributed by atoms with E-state index in [4.69, 9.17) is 4.74 Å². The van der Waals surface area contributed by atoms with Crippen molar-refractivity contribution >= 4 is 11.9 Å². The van der Waals surface area contributed by atoms with Gasteiger partial charge in [-0.2, -0.15) is 0 Å². The third-order valence-electron chi connectivity index (χ3n) is 2.80. The molecule has 0 heterocycles. The molecule has 1 unspecified atom stereocenters. The molecule has 0 aliphatic heterocycles. The summed E-state index contributed by atoms with van der Waals surface area (Å²) in [5.41, 5.74) is 1.14. The zero-order valence-electron chi connectivity index (χ0n) is 10.7. The SMILES string of the molecule is COC(=O)CC(CCc1ccccc1)C(=O)OC. The maximum Gasteiger partial charge on any atom is 0.309 e. The molecular formula is C14H18O4. The molecule has 4 heteroatoms. The van der Waals surface area contributed by atoms with Gasteiger partial charge in [-0.05, 0) is 18.4 Å². The summed E-state index contributed by atoms with van der Waals surface area (Å²) in [6.07, 6.45) is 1.37. The molecule has 0 aromatic heterocycles. The van der Waals surface area contributed by atoms with Crippen LogP contribution < -0.4 is 0 Å². The number of ether oxygens (including phenoxy) is 2. The van der Waals surface area contributed by atoms with Crippen molar-refractivity contribution < 1.29 is 19.1 Å². The summed E-state index contributed by atoms with van der Waals surface area (Å²) >= 11 is 0. The standard InChI is InChI=1S/C14H18O4/c1-17-13(15)10-12(14(16)18-2)9-8-11-6-4-3-5-7-11/h3-7,12H,8-10H2,1-2H3. The second-order valence-electron chi connectivity index (χ2n) is 4.02. The van der Waals surface area contributed by atoms with Crippen molar-refractivity contribution in [1.82, 2.24) is 0 Å². The Morgan fingerprint density at radius 2 is 1.78 bits per heavy atom. The van der Waals surface area contributed by atoms with Crippen molar-refractivity contribution in [2.45, 2.75) is 19.3 Å². The van der Waals surface area contributed by atoms with Crippen LogP contribution in [0.25, 0.3) is 0 Å². The fourth-order valence-corrected chi connectivity index (χ4v) is 1.74. The predicted octanol–water partition coefficient (Wildman–Crippen LogP) is 1.97. The predicted molar refractivity (Wildman–Crippen MR) is 66.9 cm³/mol. The summed E-state index contributed by atoms with van der Waals surface area (Å²) in [5.74, 6) is -1.20. The van der Waals surface area contributed by atoms with E-state index in [2.05, 4.69) is 4.74 Å². The van der Waals surface area contributed by atoms with Gasteiger partial charge in [0, 0.05) is 0 Å². The fourth-order valence-electron chi connectivity index (χ4n) is 1.74. The largest absolute Gasteiger partial charge is 0.469 e. The van der Waals surface area contributed by atoms with Crippen LogP contribution in [0.5, 0.6) is 0 Å². The first-order chi connectivity index (χ1) is 8.67. The zero-order chi connectivity index (χ0) is 13.4. The van der Waals surface area contributed by atoms with E-state index in [0.29, 0.717) is 6.42 Å². The number of methoxy groups -OCH3 is 2. The molecule has 0 saturated carbocycles. The molecule has 0 aliphatic rings. The average Bonchev–Trinajstić information content (AvgIpc) is 2.43. The molecule has 1 rings (SSSR count). The average molecular weight is 250 g/mol. The Balaban J connectivity index is 2.56. The molecule has 0 N–H and O–H groups in total. The van der Waals surface area contributed by atoms with Gasteiger partial charge in [-0.15, -0.1) is 0 Å². The number of esters is 2. The molecule has 1 aromatic carbocycles. The number of rotatable bonds is 6. The van der Waals surface area contributed by atoms with Gasteiger partial charge in [-0.25, -0.2) is 0 Å². The minimum atomic E-state index is -0.442. The first kappa shape index (κ1) is 14.2. The van der Waals surface area contributed by atoms with Gasteiger partial charge >= 0.3 is 11.9 Å². The highest BCUT2D eigenvalue weighted by Crippen LogP contribution is 2.15. The van der Waals surface area contributed by atoms with Gasteiger partial charge in [0.1, 0.15) is 0 Å². The molecule has 0 aliphatic carbocycles.